The third-order valence-corrected chi connectivity index (χ3v) is 3.56. The van der Waals surface area contributed by atoms with Crippen LogP contribution in [0.25, 0.3) is 0 Å². The summed E-state index contributed by atoms with van der Waals surface area (Å²) in [5.41, 5.74) is 1.89. The highest BCUT2D eigenvalue weighted by atomic mass is 16.5. The Bertz CT molecular complexity index is 658. The number of ether oxygens (including phenoxy) is 2. The second-order valence-corrected chi connectivity index (χ2v) is 5.57. The summed E-state index contributed by atoms with van der Waals surface area (Å²) in [5.74, 6) is -0.719. The van der Waals surface area contributed by atoms with Gasteiger partial charge in [-0.05, 0) is 11.1 Å². The van der Waals surface area contributed by atoms with Crippen molar-refractivity contribution in [2.75, 3.05) is 6.61 Å². The zero-order chi connectivity index (χ0) is 17.9. The van der Waals surface area contributed by atoms with Gasteiger partial charge in [0, 0.05) is 6.42 Å². The minimum absolute atomic E-state index is 0.0637. The largest absolute Gasteiger partial charge is 0.459 e. The summed E-state index contributed by atoms with van der Waals surface area (Å²) in [6.07, 6.45) is 0.293. The fourth-order valence-corrected chi connectivity index (χ4v) is 2.16. The molecule has 132 valence electrons. The maximum atomic E-state index is 12.3. The average Bonchev–Trinajstić information content (AvgIpc) is 2.66. The fraction of sp³-hybridized carbons (Fsp3) is 0.300. The van der Waals surface area contributed by atoms with Crippen LogP contribution < -0.4 is 5.32 Å². The fourth-order valence-electron chi connectivity index (χ4n) is 2.16. The first kappa shape index (κ1) is 18.7. The smallest absolute Gasteiger partial charge is 0.331 e. The molecule has 0 saturated carbocycles. The van der Waals surface area contributed by atoms with Gasteiger partial charge in [-0.2, -0.15) is 0 Å². The molecule has 0 spiro atoms. The summed E-state index contributed by atoms with van der Waals surface area (Å²) in [6.45, 7) is 2.32. The van der Waals surface area contributed by atoms with Crippen molar-refractivity contribution in [3.05, 3.63) is 71.8 Å². The monoisotopic (exact) mass is 341 g/mol. The average molecular weight is 341 g/mol. The summed E-state index contributed by atoms with van der Waals surface area (Å²) < 4.78 is 10.9. The quantitative estimate of drug-likeness (QED) is 0.712. The van der Waals surface area contributed by atoms with Crippen LogP contribution in [-0.4, -0.2) is 24.5 Å². The van der Waals surface area contributed by atoms with Gasteiger partial charge >= 0.3 is 5.97 Å². The zero-order valence-corrected chi connectivity index (χ0v) is 14.3. The maximum absolute atomic E-state index is 12.3. The highest BCUT2D eigenvalue weighted by Crippen LogP contribution is 2.05. The molecule has 0 bridgehead atoms. The van der Waals surface area contributed by atoms with Crippen LogP contribution in [0.1, 0.15) is 24.5 Å². The van der Waals surface area contributed by atoms with E-state index < -0.39 is 12.0 Å². The van der Waals surface area contributed by atoms with Gasteiger partial charge in [-0.15, -0.1) is 0 Å². The van der Waals surface area contributed by atoms with Gasteiger partial charge in [-0.25, -0.2) is 4.79 Å². The molecule has 0 fully saturated rings. The van der Waals surface area contributed by atoms with Crippen molar-refractivity contribution < 1.29 is 19.1 Å². The third-order valence-electron chi connectivity index (χ3n) is 3.56. The molecule has 0 aliphatic heterocycles. The highest BCUT2D eigenvalue weighted by Gasteiger charge is 2.22. The molecular formula is C20H23NO4. The van der Waals surface area contributed by atoms with E-state index >= 15 is 0 Å². The lowest BCUT2D eigenvalue weighted by molar-refractivity contribution is -0.151. The Morgan fingerprint density at radius 3 is 2.04 bits per heavy atom. The number of amides is 1. The van der Waals surface area contributed by atoms with Crippen LogP contribution in [0.2, 0.25) is 0 Å². The Kier molecular flexibility index (Phi) is 7.66. The van der Waals surface area contributed by atoms with Gasteiger partial charge in [0.2, 0.25) is 5.91 Å². The van der Waals surface area contributed by atoms with Crippen LogP contribution in [0.5, 0.6) is 0 Å². The van der Waals surface area contributed by atoms with Crippen LogP contribution in [0.3, 0.4) is 0 Å². The zero-order valence-electron chi connectivity index (χ0n) is 14.3. The first-order chi connectivity index (χ1) is 12.2. The van der Waals surface area contributed by atoms with Crippen molar-refractivity contribution in [2.45, 2.75) is 32.6 Å². The van der Waals surface area contributed by atoms with Crippen LogP contribution in [0.4, 0.5) is 0 Å². The molecule has 2 aromatic carbocycles. The molecule has 25 heavy (non-hydrogen) atoms. The van der Waals surface area contributed by atoms with Crippen molar-refractivity contribution in [3.8, 4) is 0 Å². The van der Waals surface area contributed by atoms with E-state index in [9.17, 15) is 9.59 Å². The van der Waals surface area contributed by atoms with Crippen LogP contribution in [-0.2, 0) is 32.3 Å². The third kappa shape index (κ3) is 6.77. The molecule has 1 atom stereocenters. The molecule has 1 N–H and O–H groups in total. The molecule has 5 nitrogen and oxygen atoms in total. The first-order valence-corrected chi connectivity index (χ1v) is 8.30. The number of carbonyl (C=O) groups excluding carboxylic acids is 2. The second kappa shape index (κ2) is 10.3. The van der Waals surface area contributed by atoms with Crippen molar-refractivity contribution in [3.63, 3.8) is 0 Å². The van der Waals surface area contributed by atoms with E-state index in [4.69, 9.17) is 9.47 Å². The molecule has 0 heterocycles. The van der Waals surface area contributed by atoms with Gasteiger partial charge < -0.3 is 14.8 Å². The van der Waals surface area contributed by atoms with Crippen molar-refractivity contribution in [1.29, 1.82) is 0 Å². The minimum Gasteiger partial charge on any atom is -0.459 e. The Morgan fingerprint density at radius 2 is 1.48 bits per heavy atom. The van der Waals surface area contributed by atoms with Crippen LogP contribution in [0, 0.1) is 0 Å². The molecular weight excluding hydrogens is 318 g/mol. The Balaban J connectivity index is 1.87. The standard InChI is InChI=1S/C20H23NO4/c1-2-19(22)21-18(15-24-13-16-9-5-3-6-10-16)20(23)25-14-17-11-7-4-8-12-17/h3-12,18H,2,13-15H2,1H3,(H,21,22). The summed E-state index contributed by atoms with van der Waals surface area (Å²) >= 11 is 0. The number of hydrogen-bond acceptors (Lipinski definition) is 4. The lowest BCUT2D eigenvalue weighted by atomic mass is 10.2. The second-order valence-electron chi connectivity index (χ2n) is 5.57. The number of nitrogens with one attached hydrogen (secondary N) is 1. The number of carbonyl (C=O) groups is 2. The minimum atomic E-state index is -0.820. The lowest BCUT2D eigenvalue weighted by Crippen LogP contribution is -2.44. The highest BCUT2D eigenvalue weighted by molar-refractivity contribution is 5.84. The van der Waals surface area contributed by atoms with Gasteiger partial charge in [-0.1, -0.05) is 67.6 Å². The summed E-state index contributed by atoms with van der Waals surface area (Å²) in [4.78, 5) is 24.0. The predicted octanol–water partition coefficient (Wildman–Crippen LogP) is 2.84. The Hall–Kier alpha value is -2.66. The van der Waals surface area contributed by atoms with Crippen LogP contribution >= 0.6 is 0 Å². The van der Waals surface area contributed by atoms with E-state index in [1.165, 1.54) is 0 Å². The topological polar surface area (TPSA) is 64.6 Å². The Labute approximate surface area is 148 Å². The van der Waals surface area contributed by atoms with Gasteiger partial charge in [0.25, 0.3) is 0 Å². The van der Waals surface area contributed by atoms with Crippen molar-refractivity contribution in [2.24, 2.45) is 0 Å². The summed E-state index contributed by atoms with van der Waals surface area (Å²) in [5, 5.41) is 2.65. The normalized spacial score (nSPS) is 11.6. The van der Waals surface area contributed by atoms with E-state index in [2.05, 4.69) is 5.32 Å². The molecule has 2 aromatic rings. The van der Waals surface area contributed by atoms with Gasteiger partial charge in [0.05, 0.1) is 13.2 Å². The molecule has 0 aliphatic carbocycles. The number of rotatable bonds is 9. The summed E-state index contributed by atoms with van der Waals surface area (Å²) in [7, 11) is 0. The lowest BCUT2D eigenvalue weighted by Gasteiger charge is -2.17. The van der Waals surface area contributed by atoms with E-state index in [0.29, 0.717) is 13.0 Å². The Morgan fingerprint density at radius 1 is 0.920 bits per heavy atom. The molecule has 0 aliphatic rings. The maximum Gasteiger partial charge on any atom is 0.331 e. The van der Waals surface area contributed by atoms with Crippen molar-refractivity contribution in [1.82, 2.24) is 5.32 Å². The van der Waals surface area contributed by atoms with Gasteiger partial charge in [0.15, 0.2) is 6.04 Å². The molecule has 0 radical (unpaired) electrons. The van der Waals surface area contributed by atoms with E-state index in [1.54, 1.807) is 6.92 Å². The van der Waals surface area contributed by atoms with E-state index in [1.807, 2.05) is 60.7 Å². The SMILES string of the molecule is CCC(=O)NC(COCc1ccccc1)C(=O)OCc1ccccc1. The number of hydrogen-bond donors (Lipinski definition) is 1. The molecule has 5 heteroatoms. The first-order valence-electron chi connectivity index (χ1n) is 8.30. The van der Waals surface area contributed by atoms with Crippen LogP contribution in [0.15, 0.2) is 60.7 Å². The number of benzene rings is 2. The van der Waals surface area contributed by atoms with Gasteiger partial charge in [0.1, 0.15) is 6.61 Å². The molecule has 0 aromatic heterocycles. The summed E-state index contributed by atoms with van der Waals surface area (Å²) in [6, 6.07) is 18.2. The molecule has 2 rings (SSSR count). The number of esters is 1. The van der Waals surface area contributed by atoms with E-state index in [0.717, 1.165) is 11.1 Å². The molecule has 1 amide bonds. The van der Waals surface area contributed by atoms with Crippen molar-refractivity contribution >= 4 is 11.9 Å². The van der Waals surface area contributed by atoms with Gasteiger partial charge in [-0.3, -0.25) is 4.79 Å². The molecule has 0 saturated heterocycles. The van der Waals surface area contributed by atoms with E-state index in [-0.39, 0.29) is 19.1 Å². The predicted molar refractivity (Wildman–Crippen MR) is 94.6 cm³/mol. The molecule has 1 unspecified atom stereocenters.